The maximum atomic E-state index is 13.6. The zero-order chi connectivity index (χ0) is 22.9. The van der Waals surface area contributed by atoms with Gasteiger partial charge < -0.3 is 0 Å². The Kier molecular flexibility index (Phi) is 6.43. The Balaban J connectivity index is 1.76. The average molecular weight is 486 g/mol. The van der Waals surface area contributed by atoms with Crippen LogP contribution >= 0.6 is 22.7 Å². The summed E-state index contributed by atoms with van der Waals surface area (Å²) >= 11 is 2.54. The first-order valence-electron chi connectivity index (χ1n) is 10.1. The summed E-state index contributed by atoms with van der Waals surface area (Å²) in [6, 6.07) is 18.6. The Morgan fingerprint density at radius 2 is 1.75 bits per heavy atom. The molecule has 32 heavy (non-hydrogen) atoms. The molecule has 0 radical (unpaired) electrons. The van der Waals surface area contributed by atoms with Crippen molar-refractivity contribution in [3.63, 3.8) is 0 Å². The molecule has 0 bridgehead atoms. The van der Waals surface area contributed by atoms with Crippen LogP contribution in [0.15, 0.2) is 70.3 Å². The molecule has 0 aliphatic carbocycles. The lowest BCUT2D eigenvalue weighted by Crippen LogP contribution is -2.39. The molecular weight excluding hydrogens is 462 g/mol. The molecule has 0 aliphatic heterocycles. The topological polar surface area (TPSA) is 70.6 Å². The molecule has 0 aliphatic rings. The van der Waals surface area contributed by atoms with E-state index in [2.05, 4.69) is 18.8 Å². The molecule has 2 heterocycles. The first-order valence-corrected chi connectivity index (χ1v) is 13.2. The second-order valence-corrected chi connectivity index (χ2v) is 11.8. The molecule has 166 valence electrons. The van der Waals surface area contributed by atoms with Gasteiger partial charge in [-0.25, -0.2) is 13.4 Å². The predicted octanol–water partition coefficient (Wildman–Crippen LogP) is 5.47. The number of fused-ring (bicyclic) bond motifs is 1. The molecule has 0 fully saturated rings. The van der Waals surface area contributed by atoms with Crippen molar-refractivity contribution in [3.05, 3.63) is 71.6 Å². The largest absolute Gasteiger partial charge is 0.272 e. The number of rotatable bonds is 7. The summed E-state index contributed by atoms with van der Waals surface area (Å²) in [7, 11) is -2.32. The number of thiophene rings is 1. The summed E-state index contributed by atoms with van der Waals surface area (Å²) in [6.07, 6.45) is 0. The fourth-order valence-corrected chi connectivity index (χ4v) is 6.71. The van der Waals surface area contributed by atoms with E-state index >= 15 is 0 Å². The Bertz CT molecular complexity index is 1310. The number of anilines is 2. The van der Waals surface area contributed by atoms with Gasteiger partial charge in [0.1, 0.15) is 4.21 Å². The molecule has 0 N–H and O–H groups in total. The van der Waals surface area contributed by atoms with Crippen molar-refractivity contribution < 1.29 is 13.2 Å². The fraction of sp³-hybridized carbons (Fsp3) is 0.217. The summed E-state index contributed by atoms with van der Waals surface area (Å²) < 4.78 is 28.1. The van der Waals surface area contributed by atoms with Crippen LogP contribution < -0.4 is 4.90 Å². The van der Waals surface area contributed by atoms with E-state index in [1.807, 2.05) is 48.5 Å². The normalized spacial score (nSPS) is 12.0. The third-order valence-electron chi connectivity index (χ3n) is 5.04. The van der Waals surface area contributed by atoms with Crippen LogP contribution in [-0.4, -0.2) is 37.2 Å². The van der Waals surface area contributed by atoms with Crippen LogP contribution in [0.1, 0.15) is 25.3 Å². The lowest BCUT2D eigenvalue weighted by atomic mass is 10.0. The monoisotopic (exact) mass is 485 g/mol. The molecule has 2 aromatic heterocycles. The number of sulfonamides is 1. The van der Waals surface area contributed by atoms with E-state index in [0.717, 1.165) is 31.4 Å². The van der Waals surface area contributed by atoms with Gasteiger partial charge >= 0.3 is 0 Å². The highest BCUT2D eigenvalue weighted by molar-refractivity contribution is 7.91. The van der Waals surface area contributed by atoms with Crippen molar-refractivity contribution in [1.29, 1.82) is 0 Å². The first-order chi connectivity index (χ1) is 15.3. The quantitative estimate of drug-likeness (QED) is 0.348. The summed E-state index contributed by atoms with van der Waals surface area (Å²) in [5, 5.41) is 2.22. The van der Waals surface area contributed by atoms with Crippen molar-refractivity contribution in [1.82, 2.24) is 9.29 Å². The number of nitrogens with zero attached hydrogens (tertiary/aromatic N) is 3. The van der Waals surface area contributed by atoms with Crippen LogP contribution in [0.3, 0.4) is 0 Å². The lowest BCUT2D eigenvalue weighted by molar-refractivity contribution is -0.117. The van der Waals surface area contributed by atoms with Gasteiger partial charge in [0, 0.05) is 7.05 Å². The van der Waals surface area contributed by atoms with E-state index in [9.17, 15) is 13.2 Å². The number of para-hydroxylation sites is 2. The first kappa shape index (κ1) is 22.6. The van der Waals surface area contributed by atoms with Gasteiger partial charge in [0.2, 0.25) is 5.91 Å². The highest BCUT2D eigenvalue weighted by atomic mass is 32.2. The van der Waals surface area contributed by atoms with Crippen molar-refractivity contribution in [2.24, 2.45) is 0 Å². The van der Waals surface area contributed by atoms with E-state index in [1.165, 1.54) is 18.4 Å². The predicted molar refractivity (Wildman–Crippen MR) is 131 cm³/mol. The maximum Gasteiger partial charge on any atom is 0.252 e. The number of carbonyl (C=O) groups is 1. The minimum absolute atomic E-state index is 0.170. The highest BCUT2D eigenvalue weighted by Gasteiger charge is 2.30. The molecule has 0 saturated heterocycles. The van der Waals surface area contributed by atoms with Crippen LogP contribution in [-0.2, 0) is 14.8 Å². The van der Waals surface area contributed by atoms with Gasteiger partial charge in [0.05, 0.1) is 22.4 Å². The zero-order valence-corrected chi connectivity index (χ0v) is 20.4. The smallest absolute Gasteiger partial charge is 0.252 e. The third kappa shape index (κ3) is 4.33. The second kappa shape index (κ2) is 9.11. The minimum Gasteiger partial charge on any atom is -0.272 e. The highest BCUT2D eigenvalue weighted by Crippen LogP contribution is 2.37. The SMILES string of the molecule is CC(C)c1ccccc1N(C(=O)CN(C)S(=O)(=O)c1cccs1)c1nc2ccccc2s1. The number of benzene rings is 2. The number of likely N-dealkylation sites (N-methyl/N-ethyl adjacent to an activating group) is 1. The van der Waals surface area contributed by atoms with E-state index in [0.29, 0.717) is 10.8 Å². The summed E-state index contributed by atoms with van der Waals surface area (Å²) in [5.41, 5.74) is 2.50. The van der Waals surface area contributed by atoms with Gasteiger partial charge in [-0.3, -0.25) is 9.69 Å². The fourth-order valence-electron chi connectivity index (χ4n) is 3.39. The lowest BCUT2D eigenvalue weighted by Gasteiger charge is -2.26. The Hall–Kier alpha value is -2.59. The number of aromatic nitrogens is 1. The van der Waals surface area contributed by atoms with Crippen molar-refractivity contribution >= 4 is 59.6 Å². The molecule has 0 spiro atoms. The number of carbonyl (C=O) groups excluding carboxylic acids is 1. The van der Waals surface area contributed by atoms with Gasteiger partial charge in [-0.2, -0.15) is 4.31 Å². The third-order valence-corrected chi connectivity index (χ3v) is 9.24. The zero-order valence-electron chi connectivity index (χ0n) is 17.9. The van der Waals surface area contributed by atoms with E-state index in [4.69, 9.17) is 0 Å². The summed E-state index contributed by atoms with van der Waals surface area (Å²) in [5.74, 6) is -0.191. The van der Waals surface area contributed by atoms with Gasteiger partial charge in [-0.1, -0.05) is 61.6 Å². The molecule has 0 unspecified atom stereocenters. The molecule has 0 saturated carbocycles. The van der Waals surface area contributed by atoms with E-state index in [1.54, 1.807) is 22.4 Å². The number of hydrogen-bond acceptors (Lipinski definition) is 6. The number of thiazole rings is 1. The Morgan fingerprint density at radius 3 is 2.44 bits per heavy atom. The number of hydrogen-bond donors (Lipinski definition) is 0. The van der Waals surface area contributed by atoms with Crippen LogP contribution in [0.25, 0.3) is 10.2 Å². The minimum atomic E-state index is -3.75. The van der Waals surface area contributed by atoms with E-state index < -0.39 is 10.0 Å². The summed E-state index contributed by atoms with van der Waals surface area (Å²) in [4.78, 5) is 19.9. The van der Waals surface area contributed by atoms with Crippen LogP contribution in [0.5, 0.6) is 0 Å². The molecule has 9 heteroatoms. The van der Waals surface area contributed by atoms with Crippen molar-refractivity contribution in [2.75, 3.05) is 18.5 Å². The van der Waals surface area contributed by atoms with Crippen molar-refractivity contribution in [3.8, 4) is 0 Å². The van der Waals surface area contributed by atoms with Crippen LogP contribution in [0.4, 0.5) is 10.8 Å². The molecule has 0 atom stereocenters. The van der Waals surface area contributed by atoms with Crippen LogP contribution in [0, 0.1) is 0 Å². The standard InChI is InChI=1S/C23H23N3O3S3/c1-16(2)17-9-4-6-11-19(17)26(23-24-18-10-5-7-12-20(18)31-23)21(27)15-25(3)32(28,29)22-13-8-14-30-22/h4-14,16H,15H2,1-3H3. The molecular formula is C23H23N3O3S3. The van der Waals surface area contributed by atoms with Crippen LogP contribution in [0.2, 0.25) is 0 Å². The van der Waals surface area contributed by atoms with Crippen molar-refractivity contribution in [2.45, 2.75) is 24.0 Å². The van der Waals surface area contributed by atoms with Gasteiger partial charge in [-0.15, -0.1) is 11.3 Å². The Morgan fingerprint density at radius 1 is 1.03 bits per heavy atom. The molecule has 4 aromatic rings. The summed E-state index contributed by atoms with van der Waals surface area (Å²) in [6.45, 7) is 3.82. The average Bonchev–Trinajstić information content (AvgIpc) is 3.44. The maximum absolute atomic E-state index is 13.6. The molecule has 4 rings (SSSR count). The molecule has 2 aromatic carbocycles. The second-order valence-electron chi connectivity index (χ2n) is 7.60. The van der Waals surface area contributed by atoms with Gasteiger partial charge in [0.25, 0.3) is 10.0 Å². The van der Waals surface area contributed by atoms with Gasteiger partial charge in [-0.05, 0) is 41.1 Å². The van der Waals surface area contributed by atoms with E-state index in [-0.39, 0.29) is 22.6 Å². The van der Waals surface area contributed by atoms with Gasteiger partial charge in [0.15, 0.2) is 5.13 Å². The Labute approximate surface area is 195 Å². The molecule has 6 nitrogen and oxygen atoms in total. The number of amides is 1. The molecule has 1 amide bonds.